The molecule has 2 nitrogen and oxygen atoms in total. The molecule has 0 amide bonds. The molecule has 0 saturated heterocycles. The van der Waals surface area contributed by atoms with E-state index in [0.29, 0.717) is 12.2 Å². The van der Waals surface area contributed by atoms with Crippen LogP contribution in [0.25, 0.3) is 0 Å². The number of hydrogen-bond donors (Lipinski definition) is 0. The van der Waals surface area contributed by atoms with Crippen LogP contribution in [0.4, 0.5) is 0 Å². The first-order chi connectivity index (χ1) is 7.31. The van der Waals surface area contributed by atoms with Crippen molar-refractivity contribution >= 4 is 22.2 Å². The van der Waals surface area contributed by atoms with Crippen molar-refractivity contribution in [3.8, 4) is 0 Å². The molecule has 0 radical (unpaired) electrons. The molecule has 0 atom stereocenters. The number of rotatable bonds is 3. The fourth-order valence-electron chi connectivity index (χ4n) is 1.49. The van der Waals surface area contributed by atoms with Gasteiger partial charge in [-0.15, -0.1) is 0 Å². The number of hydrogen-bond acceptors (Lipinski definition) is 1. The molecule has 15 heavy (non-hydrogen) atoms. The summed E-state index contributed by atoms with van der Waals surface area (Å²) in [5, 5.41) is 0. The molecule has 0 bridgehead atoms. The summed E-state index contributed by atoms with van der Waals surface area (Å²) in [7, 11) is 0. The minimum Gasteiger partial charge on any atom is -0.341 e. The van der Waals surface area contributed by atoms with Crippen molar-refractivity contribution in [1.29, 1.82) is 0 Å². The summed E-state index contributed by atoms with van der Waals surface area (Å²) in [6.45, 7) is 0.711. The van der Waals surface area contributed by atoms with Crippen LogP contribution in [-0.4, -0.2) is 10.9 Å². The van der Waals surface area contributed by atoms with Gasteiger partial charge in [-0.3, -0.25) is 4.79 Å². The summed E-state index contributed by atoms with van der Waals surface area (Å²) >= 11 is 3.49. The monoisotopic (exact) mass is 263 g/mol. The largest absolute Gasteiger partial charge is 0.341 e. The van der Waals surface area contributed by atoms with Crippen LogP contribution < -0.4 is 0 Å². The third-order valence-electron chi connectivity index (χ3n) is 2.28. The van der Waals surface area contributed by atoms with Gasteiger partial charge in [0.25, 0.3) is 0 Å². The van der Waals surface area contributed by atoms with Gasteiger partial charge in [-0.2, -0.15) is 0 Å². The van der Waals surface area contributed by atoms with E-state index in [1.807, 2.05) is 47.2 Å². The van der Waals surface area contributed by atoms with Crippen LogP contribution in [0.5, 0.6) is 0 Å². The van der Waals surface area contributed by atoms with Crippen molar-refractivity contribution in [3.63, 3.8) is 0 Å². The summed E-state index contributed by atoms with van der Waals surface area (Å²) in [6.07, 6.45) is 2.78. The summed E-state index contributed by atoms with van der Waals surface area (Å²) < 4.78 is 2.99. The second-order valence-electron chi connectivity index (χ2n) is 3.27. The second kappa shape index (κ2) is 4.45. The number of benzene rings is 1. The van der Waals surface area contributed by atoms with Crippen molar-refractivity contribution < 1.29 is 4.79 Å². The molecule has 0 aliphatic carbocycles. The molecule has 1 aromatic heterocycles. The Hall–Kier alpha value is -1.35. The predicted molar refractivity (Wildman–Crippen MR) is 63.1 cm³/mol. The molecule has 2 rings (SSSR count). The zero-order valence-electron chi connectivity index (χ0n) is 8.06. The van der Waals surface area contributed by atoms with Crippen molar-refractivity contribution in [2.24, 2.45) is 0 Å². The highest BCUT2D eigenvalue weighted by Crippen LogP contribution is 2.17. The van der Waals surface area contributed by atoms with E-state index < -0.39 is 0 Å². The summed E-state index contributed by atoms with van der Waals surface area (Å²) in [5.41, 5.74) is 1.86. The molecule has 0 spiro atoms. The lowest BCUT2D eigenvalue weighted by molar-refractivity contribution is 0.111. The van der Waals surface area contributed by atoms with Crippen LogP contribution in [0.3, 0.4) is 0 Å². The number of aldehydes is 1. The van der Waals surface area contributed by atoms with E-state index in [1.54, 1.807) is 0 Å². The van der Waals surface area contributed by atoms with E-state index in [4.69, 9.17) is 0 Å². The smallest absolute Gasteiger partial charge is 0.166 e. The van der Waals surface area contributed by atoms with Crippen molar-refractivity contribution in [3.05, 3.63) is 58.3 Å². The maximum Gasteiger partial charge on any atom is 0.166 e. The molecule has 0 aliphatic heterocycles. The van der Waals surface area contributed by atoms with Gasteiger partial charge >= 0.3 is 0 Å². The highest BCUT2D eigenvalue weighted by molar-refractivity contribution is 9.10. The second-order valence-corrected chi connectivity index (χ2v) is 4.12. The van der Waals surface area contributed by atoms with Crippen molar-refractivity contribution in [2.45, 2.75) is 6.54 Å². The topological polar surface area (TPSA) is 22.0 Å². The molecule has 0 saturated carbocycles. The van der Waals surface area contributed by atoms with Crippen LogP contribution >= 0.6 is 15.9 Å². The van der Waals surface area contributed by atoms with Gasteiger partial charge in [0.1, 0.15) is 0 Å². The summed E-state index contributed by atoms with van der Waals surface area (Å²) in [5.74, 6) is 0. The van der Waals surface area contributed by atoms with Crippen molar-refractivity contribution in [2.75, 3.05) is 0 Å². The number of nitrogens with zero attached hydrogens (tertiary/aromatic N) is 1. The van der Waals surface area contributed by atoms with Gasteiger partial charge in [-0.05, 0) is 23.8 Å². The van der Waals surface area contributed by atoms with Gasteiger partial charge in [0.05, 0.1) is 5.69 Å². The molecule has 2 aromatic rings. The zero-order valence-corrected chi connectivity index (χ0v) is 9.65. The predicted octanol–water partition coefficient (Wildman–Crippen LogP) is 3.11. The average Bonchev–Trinajstić information content (AvgIpc) is 2.69. The van der Waals surface area contributed by atoms with Gasteiger partial charge in [0.2, 0.25) is 0 Å². The van der Waals surface area contributed by atoms with Crippen LogP contribution in [-0.2, 0) is 6.54 Å². The fourth-order valence-corrected chi connectivity index (χ4v) is 1.90. The lowest BCUT2D eigenvalue weighted by Gasteiger charge is -2.07. The van der Waals surface area contributed by atoms with Crippen LogP contribution in [0, 0.1) is 0 Å². The maximum atomic E-state index is 10.7. The van der Waals surface area contributed by atoms with Gasteiger partial charge < -0.3 is 4.57 Å². The molecule has 0 aliphatic rings. The molecule has 1 heterocycles. The Morgan fingerprint density at radius 3 is 2.73 bits per heavy atom. The standard InChI is InChI=1S/C12H10BrNO/c13-12-6-2-1-4-10(12)8-14-7-3-5-11(14)9-15/h1-7,9H,8H2. The number of halogens is 1. The molecule has 0 unspecified atom stereocenters. The van der Waals surface area contributed by atoms with Crippen LogP contribution in [0.1, 0.15) is 16.1 Å². The van der Waals surface area contributed by atoms with Gasteiger partial charge in [-0.25, -0.2) is 0 Å². The van der Waals surface area contributed by atoms with E-state index in [-0.39, 0.29) is 0 Å². The Bertz CT molecular complexity index is 476. The van der Waals surface area contributed by atoms with Gasteiger partial charge in [0.15, 0.2) is 6.29 Å². The SMILES string of the molecule is O=Cc1cccn1Cc1ccccc1Br. The van der Waals surface area contributed by atoms with E-state index in [9.17, 15) is 4.79 Å². The molecular weight excluding hydrogens is 254 g/mol. The van der Waals surface area contributed by atoms with Crippen LogP contribution in [0.2, 0.25) is 0 Å². The van der Waals surface area contributed by atoms with E-state index in [1.165, 1.54) is 0 Å². The molecular formula is C12H10BrNO. The third kappa shape index (κ3) is 2.18. The molecule has 0 fully saturated rings. The average molecular weight is 264 g/mol. The van der Waals surface area contributed by atoms with E-state index in [0.717, 1.165) is 16.3 Å². The minimum atomic E-state index is 0.700. The van der Waals surface area contributed by atoms with E-state index >= 15 is 0 Å². The fraction of sp³-hybridized carbons (Fsp3) is 0.0833. The minimum absolute atomic E-state index is 0.700. The highest BCUT2D eigenvalue weighted by atomic mass is 79.9. The van der Waals surface area contributed by atoms with Gasteiger partial charge in [0, 0.05) is 17.2 Å². The first-order valence-electron chi connectivity index (χ1n) is 4.65. The zero-order chi connectivity index (χ0) is 10.7. The molecule has 76 valence electrons. The Morgan fingerprint density at radius 1 is 1.20 bits per heavy atom. The first-order valence-corrected chi connectivity index (χ1v) is 5.44. The number of carbonyl (C=O) groups excluding carboxylic acids is 1. The summed E-state index contributed by atoms with van der Waals surface area (Å²) in [6, 6.07) is 11.7. The lowest BCUT2D eigenvalue weighted by atomic mass is 10.2. The van der Waals surface area contributed by atoms with E-state index in [2.05, 4.69) is 15.9 Å². The molecule has 0 N–H and O–H groups in total. The Labute approximate surface area is 96.7 Å². The quantitative estimate of drug-likeness (QED) is 0.781. The third-order valence-corrected chi connectivity index (χ3v) is 3.06. The molecule has 1 aromatic carbocycles. The highest BCUT2D eigenvalue weighted by Gasteiger charge is 2.02. The normalized spacial score (nSPS) is 10.2. The lowest BCUT2D eigenvalue weighted by Crippen LogP contribution is -2.02. The number of carbonyl (C=O) groups is 1. The Balaban J connectivity index is 2.29. The maximum absolute atomic E-state index is 10.7. The molecule has 3 heteroatoms. The Kier molecular flexibility index (Phi) is 3.02. The first kappa shape index (κ1) is 10.2. The van der Waals surface area contributed by atoms with Crippen molar-refractivity contribution in [1.82, 2.24) is 4.57 Å². The Morgan fingerprint density at radius 2 is 2.00 bits per heavy atom. The number of aromatic nitrogens is 1. The van der Waals surface area contributed by atoms with Crippen LogP contribution in [0.15, 0.2) is 47.1 Å². The summed E-state index contributed by atoms with van der Waals surface area (Å²) in [4.78, 5) is 10.7. The van der Waals surface area contributed by atoms with Gasteiger partial charge in [-0.1, -0.05) is 34.1 Å².